The van der Waals surface area contributed by atoms with Crippen molar-refractivity contribution in [3.8, 4) is 0 Å². The van der Waals surface area contributed by atoms with Gasteiger partial charge in [0.05, 0.1) is 46.9 Å². The zero-order valence-corrected chi connectivity index (χ0v) is 17.3. The molecule has 2 aromatic carbocycles. The lowest BCUT2D eigenvalue weighted by Gasteiger charge is -2.34. The summed E-state index contributed by atoms with van der Waals surface area (Å²) < 4.78 is 0. The summed E-state index contributed by atoms with van der Waals surface area (Å²) in [6, 6.07) is 20.9. The van der Waals surface area contributed by atoms with Crippen LogP contribution in [0.5, 0.6) is 0 Å². The predicted octanol–water partition coefficient (Wildman–Crippen LogP) is 4.91. The maximum atomic E-state index is 4.84. The summed E-state index contributed by atoms with van der Waals surface area (Å²) in [6.07, 6.45) is 5.27. The summed E-state index contributed by atoms with van der Waals surface area (Å²) in [5.74, 6) is 1.95. The summed E-state index contributed by atoms with van der Waals surface area (Å²) in [4.78, 5) is 23.9. The van der Waals surface area contributed by atoms with Crippen molar-refractivity contribution >= 4 is 22.1 Å². The molecule has 154 valence electrons. The topological polar surface area (TPSA) is 73.5 Å². The largest absolute Gasteiger partial charge is 0.341 e. The zero-order chi connectivity index (χ0) is 20.6. The van der Waals surface area contributed by atoms with Crippen molar-refractivity contribution in [3.05, 3.63) is 89.8 Å². The van der Waals surface area contributed by atoms with Crippen LogP contribution in [0.4, 0.5) is 0 Å². The Labute approximate surface area is 180 Å². The fourth-order valence-electron chi connectivity index (χ4n) is 4.76. The number of para-hydroxylation sites is 4. The number of imidazole rings is 2. The van der Waals surface area contributed by atoms with E-state index in [2.05, 4.69) is 45.2 Å². The molecule has 6 nitrogen and oxygen atoms in total. The van der Waals surface area contributed by atoms with Crippen LogP contribution in [0.25, 0.3) is 22.1 Å². The number of nitrogens with one attached hydrogen (secondary N) is 2. The van der Waals surface area contributed by atoms with Gasteiger partial charge in [-0.2, -0.15) is 0 Å². The second-order valence-electron chi connectivity index (χ2n) is 8.26. The Hall–Kier alpha value is -3.51. The Bertz CT molecular complexity index is 1210. The number of aromatic nitrogens is 5. The summed E-state index contributed by atoms with van der Waals surface area (Å²) >= 11 is 0. The van der Waals surface area contributed by atoms with E-state index in [0.29, 0.717) is 13.1 Å². The SMILES string of the molecule is c1cnc2c(c1)CCCC2N(Cc1nc2ccccc2[nH]1)Cc1nc2ccccc2[nH]1. The standard InChI is InChI=1S/C25H24N6/c1-2-10-19-18(9-1)27-23(28-19)15-31(16-24-29-20-11-3-4-12-21(20)30-24)22-13-5-7-17-8-6-14-26-25(17)22/h1-4,6,8-12,14,22H,5,7,13,15-16H2,(H,27,28)(H,29,30). The molecule has 0 saturated carbocycles. The fraction of sp³-hybridized carbons (Fsp3) is 0.240. The van der Waals surface area contributed by atoms with Gasteiger partial charge in [0.1, 0.15) is 11.6 Å². The van der Waals surface area contributed by atoms with Crippen molar-refractivity contribution in [2.75, 3.05) is 0 Å². The number of nitrogens with zero attached hydrogens (tertiary/aromatic N) is 4. The van der Waals surface area contributed by atoms with Gasteiger partial charge in [-0.3, -0.25) is 9.88 Å². The van der Waals surface area contributed by atoms with Gasteiger partial charge in [0, 0.05) is 6.20 Å². The first-order valence-corrected chi connectivity index (χ1v) is 10.9. The van der Waals surface area contributed by atoms with Crippen LogP contribution in [-0.2, 0) is 19.5 Å². The molecule has 1 aliphatic carbocycles. The maximum absolute atomic E-state index is 4.84. The van der Waals surface area contributed by atoms with Crippen LogP contribution in [0.15, 0.2) is 66.9 Å². The van der Waals surface area contributed by atoms with Crippen molar-refractivity contribution in [3.63, 3.8) is 0 Å². The molecule has 6 rings (SSSR count). The van der Waals surface area contributed by atoms with Crippen LogP contribution in [0, 0.1) is 0 Å². The van der Waals surface area contributed by atoms with E-state index in [4.69, 9.17) is 15.0 Å². The summed E-state index contributed by atoms with van der Waals surface area (Å²) in [5.41, 5.74) is 6.71. The molecule has 5 aromatic rings. The van der Waals surface area contributed by atoms with Crippen LogP contribution < -0.4 is 0 Å². The molecule has 31 heavy (non-hydrogen) atoms. The minimum atomic E-state index is 0.242. The van der Waals surface area contributed by atoms with Crippen molar-refractivity contribution < 1.29 is 0 Å². The van der Waals surface area contributed by atoms with Gasteiger partial charge >= 0.3 is 0 Å². The zero-order valence-electron chi connectivity index (χ0n) is 17.3. The lowest BCUT2D eigenvalue weighted by atomic mass is 9.90. The van der Waals surface area contributed by atoms with E-state index in [9.17, 15) is 0 Å². The molecule has 0 amide bonds. The van der Waals surface area contributed by atoms with Gasteiger partial charge in [-0.05, 0) is 55.2 Å². The van der Waals surface area contributed by atoms with E-state index in [1.54, 1.807) is 0 Å². The highest BCUT2D eigenvalue weighted by Crippen LogP contribution is 2.34. The highest BCUT2D eigenvalue weighted by atomic mass is 15.2. The average molecular weight is 409 g/mol. The van der Waals surface area contributed by atoms with E-state index < -0.39 is 0 Å². The summed E-state index contributed by atoms with van der Waals surface area (Å²) in [6.45, 7) is 1.43. The molecule has 0 radical (unpaired) electrons. The fourth-order valence-corrected chi connectivity index (χ4v) is 4.76. The third-order valence-corrected chi connectivity index (χ3v) is 6.19. The minimum Gasteiger partial charge on any atom is -0.341 e. The second-order valence-corrected chi connectivity index (χ2v) is 8.26. The Balaban J connectivity index is 1.38. The Morgan fingerprint density at radius 1 is 0.806 bits per heavy atom. The number of aromatic amines is 2. The van der Waals surface area contributed by atoms with Gasteiger partial charge in [0.25, 0.3) is 0 Å². The highest BCUT2D eigenvalue weighted by Gasteiger charge is 2.28. The van der Waals surface area contributed by atoms with E-state index in [0.717, 1.165) is 46.6 Å². The van der Waals surface area contributed by atoms with Crippen LogP contribution in [-0.4, -0.2) is 29.8 Å². The molecule has 1 atom stereocenters. The molecule has 0 spiro atoms. The number of rotatable bonds is 5. The van der Waals surface area contributed by atoms with Gasteiger partial charge in [-0.15, -0.1) is 0 Å². The van der Waals surface area contributed by atoms with Crippen LogP contribution in [0.3, 0.4) is 0 Å². The number of fused-ring (bicyclic) bond motifs is 3. The van der Waals surface area contributed by atoms with E-state index in [-0.39, 0.29) is 6.04 Å². The van der Waals surface area contributed by atoms with E-state index in [1.807, 2.05) is 36.5 Å². The minimum absolute atomic E-state index is 0.242. The number of benzene rings is 2. The molecule has 2 N–H and O–H groups in total. The van der Waals surface area contributed by atoms with E-state index >= 15 is 0 Å². The molecule has 0 saturated heterocycles. The first kappa shape index (κ1) is 18.3. The van der Waals surface area contributed by atoms with Gasteiger partial charge in [-0.1, -0.05) is 30.3 Å². The Morgan fingerprint density at radius 3 is 2.10 bits per heavy atom. The van der Waals surface area contributed by atoms with Crippen molar-refractivity contribution in [1.82, 2.24) is 29.8 Å². The molecule has 1 unspecified atom stereocenters. The Kier molecular flexibility index (Phi) is 4.50. The number of hydrogen-bond acceptors (Lipinski definition) is 4. The lowest BCUT2D eigenvalue weighted by molar-refractivity contribution is 0.150. The molecule has 3 heterocycles. The summed E-state index contributed by atoms with van der Waals surface area (Å²) in [7, 11) is 0. The monoisotopic (exact) mass is 408 g/mol. The molecule has 1 aliphatic rings. The quantitative estimate of drug-likeness (QED) is 0.433. The average Bonchev–Trinajstić information content (AvgIpc) is 3.41. The van der Waals surface area contributed by atoms with Crippen molar-refractivity contribution in [1.29, 1.82) is 0 Å². The third kappa shape index (κ3) is 3.49. The smallest absolute Gasteiger partial charge is 0.121 e. The third-order valence-electron chi connectivity index (χ3n) is 6.19. The van der Waals surface area contributed by atoms with Crippen LogP contribution >= 0.6 is 0 Å². The first-order chi connectivity index (χ1) is 15.3. The highest BCUT2D eigenvalue weighted by molar-refractivity contribution is 5.75. The number of H-pyrrole nitrogens is 2. The maximum Gasteiger partial charge on any atom is 0.121 e. The molecular weight excluding hydrogens is 384 g/mol. The molecule has 0 fully saturated rings. The number of pyridine rings is 1. The molecule has 0 aliphatic heterocycles. The van der Waals surface area contributed by atoms with Gasteiger partial charge in [0.15, 0.2) is 0 Å². The molecular formula is C25H24N6. The molecule has 3 aromatic heterocycles. The Morgan fingerprint density at radius 2 is 1.45 bits per heavy atom. The van der Waals surface area contributed by atoms with E-state index in [1.165, 1.54) is 17.7 Å². The number of aryl methyl sites for hydroxylation is 1. The first-order valence-electron chi connectivity index (χ1n) is 10.9. The van der Waals surface area contributed by atoms with Gasteiger partial charge < -0.3 is 9.97 Å². The lowest BCUT2D eigenvalue weighted by Crippen LogP contribution is -2.32. The van der Waals surface area contributed by atoms with Gasteiger partial charge in [-0.25, -0.2) is 9.97 Å². The summed E-state index contributed by atoms with van der Waals surface area (Å²) in [5, 5.41) is 0. The van der Waals surface area contributed by atoms with Crippen molar-refractivity contribution in [2.24, 2.45) is 0 Å². The predicted molar refractivity (Wildman–Crippen MR) is 121 cm³/mol. The van der Waals surface area contributed by atoms with Gasteiger partial charge in [0.2, 0.25) is 0 Å². The van der Waals surface area contributed by atoms with Crippen LogP contribution in [0.1, 0.15) is 41.8 Å². The molecule has 0 bridgehead atoms. The molecule has 6 heteroatoms. The second kappa shape index (κ2) is 7.63. The van der Waals surface area contributed by atoms with Crippen LogP contribution in [0.2, 0.25) is 0 Å². The normalized spacial score (nSPS) is 16.2. The van der Waals surface area contributed by atoms with Crippen molar-refractivity contribution in [2.45, 2.75) is 38.4 Å². The number of hydrogen-bond donors (Lipinski definition) is 2.